The number of anilines is 1. The van der Waals surface area contributed by atoms with Gasteiger partial charge in [0.15, 0.2) is 5.65 Å². The SMILES string of the molecule is Cc1cc(N2CCc3c(c(C)nn3CCCCCNCC(C)(C)O)C2)c2cnn(C)c2n1. The summed E-state index contributed by atoms with van der Waals surface area (Å²) in [6.07, 6.45) is 6.34. The minimum atomic E-state index is -0.642. The maximum Gasteiger partial charge on any atom is 0.159 e. The highest BCUT2D eigenvalue weighted by atomic mass is 16.3. The summed E-state index contributed by atoms with van der Waals surface area (Å²) in [5, 5.41) is 23.5. The normalized spacial score (nSPS) is 14.4. The topological polar surface area (TPSA) is 84.0 Å². The lowest BCUT2D eigenvalue weighted by atomic mass is 10.0. The number of aliphatic hydroxyl groups is 1. The van der Waals surface area contributed by atoms with Crippen LogP contribution < -0.4 is 10.2 Å². The van der Waals surface area contributed by atoms with Crippen molar-refractivity contribution in [3.8, 4) is 0 Å². The lowest BCUT2D eigenvalue weighted by Crippen LogP contribution is -2.35. The molecule has 32 heavy (non-hydrogen) atoms. The van der Waals surface area contributed by atoms with Crippen LogP contribution in [0.1, 0.15) is 55.8 Å². The fraction of sp³-hybridized carbons (Fsp3) is 0.625. The van der Waals surface area contributed by atoms with E-state index in [9.17, 15) is 5.11 Å². The Labute approximate surface area is 190 Å². The Morgan fingerprint density at radius 2 is 2.00 bits per heavy atom. The molecule has 0 unspecified atom stereocenters. The largest absolute Gasteiger partial charge is 0.389 e. The van der Waals surface area contributed by atoms with E-state index in [2.05, 4.69) is 44.9 Å². The molecule has 0 spiro atoms. The Morgan fingerprint density at radius 3 is 2.78 bits per heavy atom. The monoisotopic (exact) mass is 439 g/mol. The van der Waals surface area contributed by atoms with Gasteiger partial charge in [0.25, 0.3) is 0 Å². The molecule has 0 saturated heterocycles. The van der Waals surface area contributed by atoms with Crippen molar-refractivity contribution in [2.75, 3.05) is 24.5 Å². The Kier molecular flexibility index (Phi) is 6.53. The molecule has 8 nitrogen and oxygen atoms in total. The van der Waals surface area contributed by atoms with Crippen LogP contribution in [-0.4, -0.2) is 54.9 Å². The number of nitrogens with one attached hydrogen (secondary N) is 1. The molecule has 0 saturated carbocycles. The van der Waals surface area contributed by atoms with Crippen LogP contribution in [0.4, 0.5) is 5.69 Å². The molecule has 8 heteroatoms. The summed E-state index contributed by atoms with van der Waals surface area (Å²) >= 11 is 0. The summed E-state index contributed by atoms with van der Waals surface area (Å²) in [5.74, 6) is 0. The summed E-state index contributed by atoms with van der Waals surface area (Å²) in [5.41, 5.74) is 6.45. The van der Waals surface area contributed by atoms with Gasteiger partial charge in [0.05, 0.1) is 28.6 Å². The molecule has 0 aliphatic carbocycles. The highest BCUT2D eigenvalue weighted by Gasteiger charge is 2.25. The van der Waals surface area contributed by atoms with Crippen LogP contribution in [0.5, 0.6) is 0 Å². The lowest BCUT2D eigenvalue weighted by molar-refractivity contribution is 0.0799. The van der Waals surface area contributed by atoms with Crippen LogP contribution in [0.2, 0.25) is 0 Å². The predicted molar refractivity (Wildman–Crippen MR) is 128 cm³/mol. The van der Waals surface area contributed by atoms with Gasteiger partial charge in [-0.15, -0.1) is 0 Å². The standard InChI is InChI=1S/C24H37N7O/c1-17-13-22(19-14-26-29(5)23(19)27-17)30-12-9-21-20(15-30)18(2)28-31(21)11-8-6-7-10-25-16-24(3,4)32/h13-14,25,32H,6-12,15-16H2,1-5H3. The van der Waals surface area contributed by atoms with E-state index in [-0.39, 0.29) is 0 Å². The average Bonchev–Trinajstić information content (AvgIpc) is 3.25. The molecule has 0 bridgehead atoms. The molecule has 0 radical (unpaired) electrons. The first-order chi connectivity index (χ1) is 15.2. The summed E-state index contributed by atoms with van der Waals surface area (Å²) in [7, 11) is 1.95. The number of unbranched alkanes of at least 4 members (excludes halogenated alkanes) is 2. The third-order valence-electron chi connectivity index (χ3n) is 6.27. The molecule has 3 aromatic heterocycles. The van der Waals surface area contributed by atoms with Crippen LogP contribution >= 0.6 is 0 Å². The molecular weight excluding hydrogens is 402 g/mol. The highest BCUT2D eigenvalue weighted by Crippen LogP contribution is 2.32. The minimum Gasteiger partial charge on any atom is -0.389 e. The van der Waals surface area contributed by atoms with Crippen molar-refractivity contribution in [3.05, 3.63) is 34.9 Å². The van der Waals surface area contributed by atoms with Gasteiger partial charge in [0, 0.05) is 56.6 Å². The second-order valence-corrected chi connectivity index (χ2v) is 9.74. The Balaban J connectivity index is 1.38. The number of nitrogens with zero attached hydrogens (tertiary/aromatic N) is 6. The molecule has 1 aliphatic heterocycles. The predicted octanol–water partition coefficient (Wildman–Crippen LogP) is 2.88. The van der Waals surface area contributed by atoms with Crippen molar-refractivity contribution in [2.45, 2.75) is 72.1 Å². The van der Waals surface area contributed by atoms with Crippen LogP contribution in [0.15, 0.2) is 12.3 Å². The van der Waals surface area contributed by atoms with Gasteiger partial charge in [-0.1, -0.05) is 6.42 Å². The van der Waals surface area contributed by atoms with Gasteiger partial charge in [-0.05, 0) is 53.1 Å². The van der Waals surface area contributed by atoms with E-state index in [1.165, 1.54) is 16.9 Å². The number of aryl methyl sites for hydroxylation is 4. The molecule has 0 atom stereocenters. The van der Waals surface area contributed by atoms with Crippen molar-refractivity contribution < 1.29 is 5.11 Å². The highest BCUT2D eigenvalue weighted by molar-refractivity contribution is 5.89. The number of pyridine rings is 1. The number of aromatic nitrogens is 5. The van der Waals surface area contributed by atoms with Crippen LogP contribution in [0, 0.1) is 13.8 Å². The summed E-state index contributed by atoms with van der Waals surface area (Å²) in [6.45, 7) is 12.3. The van der Waals surface area contributed by atoms with Crippen molar-refractivity contribution in [1.29, 1.82) is 0 Å². The van der Waals surface area contributed by atoms with Gasteiger partial charge in [-0.3, -0.25) is 9.36 Å². The smallest absolute Gasteiger partial charge is 0.159 e. The first-order valence-electron chi connectivity index (χ1n) is 11.8. The lowest BCUT2D eigenvalue weighted by Gasteiger charge is -2.30. The second-order valence-electron chi connectivity index (χ2n) is 9.74. The first-order valence-corrected chi connectivity index (χ1v) is 11.8. The quantitative estimate of drug-likeness (QED) is 0.499. The third kappa shape index (κ3) is 4.96. The van der Waals surface area contributed by atoms with E-state index in [1.807, 2.05) is 31.8 Å². The molecule has 4 rings (SSSR count). The molecule has 4 heterocycles. The summed E-state index contributed by atoms with van der Waals surface area (Å²) in [4.78, 5) is 7.12. The molecule has 0 aromatic carbocycles. The van der Waals surface area contributed by atoms with E-state index < -0.39 is 5.60 Å². The first kappa shape index (κ1) is 22.7. The van der Waals surface area contributed by atoms with E-state index in [4.69, 9.17) is 5.10 Å². The number of hydrogen-bond acceptors (Lipinski definition) is 6. The molecule has 174 valence electrons. The molecule has 3 aromatic rings. The zero-order valence-electron chi connectivity index (χ0n) is 20.1. The maximum atomic E-state index is 9.76. The van der Waals surface area contributed by atoms with Gasteiger partial charge in [0.1, 0.15) is 0 Å². The Morgan fingerprint density at radius 1 is 1.19 bits per heavy atom. The Bertz CT molecular complexity index is 1080. The van der Waals surface area contributed by atoms with E-state index in [1.54, 1.807) is 0 Å². The van der Waals surface area contributed by atoms with Gasteiger partial charge < -0.3 is 15.3 Å². The molecule has 2 N–H and O–H groups in total. The zero-order chi connectivity index (χ0) is 22.9. The number of rotatable bonds is 9. The van der Waals surface area contributed by atoms with Crippen LogP contribution in [-0.2, 0) is 26.6 Å². The second kappa shape index (κ2) is 9.19. The number of hydrogen-bond donors (Lipinski definition) is 2. The van der Waals surface area contributed by atoms with Crippen molar-refractivity contribution >= 4 is 16.7 Å². The Hall–Kier alpha value is -2.45. The van der Waals surface area contributed by atoms with Crippen molar-refractivity contribution in [1.82, 2.24) is 29.9 Å². The molecular formula is C24H37N7O. The maximum absolute atomic E-state index is 9.76. The fourth-order valence-corrected chi connectivity index (χ4v) is 4.62. The van der Waals surface area contributed by atoms with E-state index >= 15 is 0 Å². The average molecular weight is 440 g/mol. The van der Waals surface area contributed by atoms with E-state index in [0.29, 0.717) is 6.54 Å². The molecule has 0 fully saturated rings. The van der Waals surface area contributed by atoms with Crippen LogP contribution in [0.3, 0.4) is 0 Å². The summed E-state index contributed by atoms with van der Waals surface area (Å²) in [6, 6.07) is 2.18. The minimum absolute atomic E-state index is 0.637. The van der Waals surface area contributed by atoms with Gasteiger partial charge >= 0.3 is 0 Å². The zero-order valence-corrected chi connectivity index (χ0v) is 20.1. The van der Waals surface area contributed by atoms with E-state index in [0.717, 1.165) is 74.3 Å². The third-order valence-corrected chi connectivity index (χ3v) is 6.27. The van der Waals surface area contributed by atoms with Gasteiger partial charge in [-0.25, -0.2) is 4.98 Å². The summed E-state index contributed by atoms with van der Waals surface area (Å²) < 4.78 is 4.09. The fourth-order valence-electron chi connectivity index (χ4n) is 4.62. The van der Waals surface area contributed by atoms with Gasteiger partial charge in [-0.2, -0.15) is 10.2 Å². The molecule has 0 amide bonds. The number of fused-ring (bicyclic) bond motifs is 2. The van der Waals surface area contributed by atoms with Gasteiger partial charge in [0.2, 0.25) is 0 Å². The van der Waals surface area contributed by atoms with Crippen molar-refractivity contribution in [2.24, 2.45) is 7.05 Å². The molecule has 1 aliphatic rings. The van der Waals surface area contributed by atoms with Crippen LogP contribution in [0.25, 0.3) is 11.0 Å². The van der Waals surface area contributed by atoms with Crippen molar-refractivity contribution in [3.63, 3.8) is 0 Å².